The molecule has 1 aromatic heterocycles. The fourth-order valence-corrected chi connectivity index (χ4v) is 2.11. The number of anilines is 2. The monoisotopic (exact) mass is 252 g/mol. The Labute approximate surface area is 111 Å². The number of nitrogens with one attached hydrogen (secondary N) is 1. The zero-order valence-corrected chi connectivity index (χ0v) is 12.5. The lowest BCUT2D eigenvalue weighted by atomic mass is 10.0. The van der Waals surface area contributed by atoms with Gasteiger partial charge < -0.3 is 11.1 Å². The molecule has 0 saturated carbocycles. The predicted molar refractivity (Wildman–Crippen MR) is 78.8 cm³/mol. The molecule has 4 heteroatoms. The van der Waals surface area contributed by atoms with E-state index in [4.69, 9.17) is 5.73 Å². The van der Waals surface area contributed by atoms with Gasteiger partial charge in [0.05, 0.1) is 11.4 Å². The quantitative estimate of drug-likeness (QED) is 0.781. The first kappa shape index (κ1) is 14.9. The van der Waals surface area contributed by atoms with Gasteiger partial charge in [-0.25, -0.2) is 4.68 Å². The highest BCUT2D eigenvalue weighted by Gasteiger charge is 2.13. The molecule has 3 N–H and O–H groups in total. The van der Waals surface area contributed by atoms with Crippen LogP contribution in [0.4, 0.5) is 11.5 Å². The molecule has 1 rings (SSSR count). The van der Waals surface area contributed by atoms with Crippen LogP contribution >= 0.6 is 0 Å². The molecule has 0 aliphatic carbocycles. The summed E-state index contributed by atoms with van der Waals surface area (Å²) in [7, 11) is 0. The van der Waals surface area contributed by atoms with E-state index in [2.05, 4.69) is 38.1 Å². The van der Waals surface area contributed by atoms with Gasteiger partial charge in [0.1, 0.15) is 5.82 Å². The van der Waals surface area contributed by atoms with Gasteiger partial charge in [0.2, 0.25) is 0 Å². The van der Waals surface area contributed by atoms with Gasteiger partial charge in [0, 0.05) is 12.6 Å². The minimum atomic E-state index is 0.437. The third kappa shape index (κ3) is 3.93. The Kier molecular flexibility index (Phi) is 5.51. The molecule has 0 aliphatic heterocycles. The van der Waals surface area contributed by atoms with Crippen molar-refractivity contribution >= 4 is 11.5 Å². The summed E-state index contributed by atoms with van der Waals surface area (Å²) in [5.41, 5.74) is 7.75. The molecule has 1 unspecified atom stereocenters. The second kappa shape index (κ2) is 6.66. The summed E-state index contributed by atoms with van der Waals surface area (Å²) in [6, 6.07) is 0.437. The van der Waals surface area contributed by atoms with Gasteiger partial charge in [-0.3, -0.25) is 0 Å². The predicted octanol–water partition coefficient (Wildman–Crippen LogP) is 3.42. The fraction of sp³-hybridized carbons (Fsp3) is 0.786. The molecular weight excluding hydrogens is 224 g/mol. The molecule has 104 valence electrons. The van der Waals surface area contributed by atoms with Crippen molar-refractivity contribution in [3.05, 3.63) is 5.69 Å². The third-order valence-corrected chi connectivity index (χ3v) is 3.27. The summed E-state index contributed by atoms with van der Waals surface area (Å²) < 4.78 is 1.95. The summed E-state index contributed by atoms with van der Waals surface area (Å²) in [5, 5.41) is 7.92. The van der Waals surface area contributed by atoms with Crippen molar-refractivity contribution < 1.29 is 0 Å². The first-order valence-electron chi connectivity index (χ1n) is 7.05. The maximum atomic E-state index is 6.06. The average Bonchev–Trinajstić information content (AvgIpc) is 2.56. The summed E-state index contributed by atoms with van der Waals surface area (Å²) >= 11 is 0. The van der Waals surface area contributed by atoms with Crippen molar-refractivity contribution in [2.45, 2.75) is 66.5 Å². The maximum Gasteiger partial charge on any atom is 0.148 e. The number of aryl methyl sites for hydroxylation is 2. The molecule has 0 fully saturated rings. The van der Waals surface area contributed by atoms with Crippen LogP contribution in [0.15, 0.2) is 0 Å². The van der Waals surface area contributed by atoms with Crippen LogP contribution in [0, 0.1) is 12.8 Å². The van der Waals surface area contributed by atoms with Gasteiger partial charge in [-0.15, -0.1) is 0 Å². The van der Waals surface area contributed by atoms with Crippen molar-refractivity contribution in [3.63, 3.8) is 0 Å². The van der Waals surface area contributed by atoms with Gasteiger partial charge in [0.25, 0.3) is 0 Å². The number of nitrogens with two attached hydrogens (primary N) is 1. The fourth-order valence-electron chi connectivity index (χ4n) is 2.11. The van der Waals surface area contributed by atoms with Crippen molar-refractivity contribution in [2.75, 3.05) is 11.1 Å². The van der Waals surface area contributed by atoms with E-state index in [9.17, 15) is 0 Å². The van der Waals surface area contributed by atoms with Gasteiger partial charge in [0.15, 0.2) is 0 Å². The molecule has 1 atom stereocenters. The number of aromatic nitrogens is 2. The zero-order chi connectivity index (χ0) is 13.7. The van der Waals surface area contributed by atoms with E-state index in [-0.39, 0.29) is 0 Å². The van der Waals surface area contributed by atoms with Crippen LogP contribution in [-0.2, 0) is 6.54 Å². The highest BCUT2D eigenvalue weighted by atomic mass is 15.3. The third-order valence-electron chi connectivity index (χ3n) is 3.27. The Morgan fingerprint density at radius 2 is 1.94 bits per heavy atom. The number of rotatable bonds is 7. The van der Waals surface area contributed by atoms with Gasteiger partial charge >= 0.3 is 0 Å². The molecule has 0 aromatic carbocycles. The van der Waals surface area contributed by atoms with Crippen LogP contribution in [0.25, 0.3) is 0 Å². The first-order chi connectivity index (χ1) is 8.45. The van der Waals surface area contributed by atoms with Crippen LogP contribution in [-0.4, -0.2) is 15.8 Å². The molecule has 0 spiro atoms. The van der Waals surface area contributed by atoms with Crippen LogP contribution in [0.1, 0.15) is 52.7 Å². The Balaban J connectivity index is 2.55. The van der Waals surface area contributed by atoms with E-state index in [1.165, 1.54) is 19.3 Å². The number of hydrogen-bond acceptors (Lipinski definition) is 3. The minimum Gasteiger partial charge on any atom is -0.394 e. The summed E-state index contributed by atoms with van der Waals surface area (Å²) in [4.78, 5) is 0. The van der Waals surface area contributed by atoms with E-state index in [0.717, 1.165) is 29.7 Å². The Bertz CT molecular complexity index is 368. The molecular formula is C14H28N4. The second-order valence-corrected chi connectivity index (χ2v) is 5.53. The average molecular weight is 252 g/mol. The second-order valence-electron chi connectivity index (χ2n) is 5.53. The molecule has 1 heterocycles. The molecule has 0 bridgehead atoms. The SMILES string of the molecule is CCn1nc(C)c(N)c1NC(C)CCCC(C)C. The lowest BCUT2D eigenvalue weighted by molar-refractivity contribution is 0.518. The Morgan fingerprint density at radius 1 is 1.28 bits per heavy atom. The van der Waals surface area contributed by atoms with Crippen molar-refractivity contribution in [1.29, 1.82) is 0 Å². The molecule has 4 nitrogen and oxygen atoms in total. The van der Waals surface area contributed by atoms with Crippen LogP contribution < -0.4 is 11.1 Å². The number of nitrogen functional groups attached to an aromatic ring is 1. The van der Waals surface area contributed by atoms with Gasteiger partial charge in [-0.05, 0) is 33.1 Å². The number of hydrogen-bond donors (Lipinski definition) is 2. The van der Waals surface area contributed by atoms with Crippen molar-refractivity contribution in [3.8, 4) is 0 Å². The van der Waals surface area contributed by atoms with Crippen molar-refractivity contribution in [2.24, 2.45) is 5.92 Å². The summed E-state index contributed by atoms with van der Waals surface area (Å²) in [6.07, 6.45) is 3.71. The smallest absolute Gasteiger partial charge is 0.148 e. The van der Waals surface area contributed by atoms with Crippen LogP contribution in [0.3, 0.4) is 0 Å². The highest BCUT2D eigenvalue weighted by Crippen LogP contribution is 2.23. The highest BCUT2D eigenvalue weighted by molar-refractivity contribution is 5.65. The molecule has 0 saturated heterocycles. The van der Waals surface area contributed by atoms with Gasteiger partial charge in [-0.2, -0.15) is 5.10 Å². The molecule has 0 amide bonds. The topological polar surface area (TPSA) is 55.9 Å². The van der Waals surface area contributed by atoms with E-state index in [0.29, 0.717) is 6.04 Å². The molecule has 18 heavy (non-hydrogen) atoms. The summed E-state index contributed by atoms with van der Waals surface area (Å²) in [5.74, 6) is 1.76. The first-order valence-corrected chi connectivity index (χ1v) is 7.05. The van der Waals surface area contributed by atoms with Gasteiger partial charge in [-0.1, -0.05) is 26.7 Å². The van der Waals surface area contributed by atoms with Crippen molar-refractivity contribution in [1.82, 2.24) is 9.78 Å². The molecule has 0 radical (unpaired) electrons. The largest absolute Gasteiger partial charge is 0.394 e. The van der Waals surface area contributed by atoms with Crippen LogP contribution in [0.5, 0.6) is 0 Å². The molecule has 0 aliphatic rings. The maximum absolute atomic E-state index is 6.06. The standard InChI is InChI=1S/C14H28N4/c1-6-18-14(13(15)12(5)17-18)16-11(4)9-7-8-10(2)3/h10-11,16H,6-9,15H2,1-5H3. The van der Waals surface area contributed by atoms with E-state index < -0.39 is 0 Å². The zero-order valence-electron chi connectivity index (χ0n) is 12.5. The van der Waals surface area contributed by atoms with E-state index >= 15 is 0 Å². The lowest BCUT2D eigenvalue weighted by Gasteiger charge is -2.17. The normalized spacial score (nSPS) is 13.0. The Hall–Kier alpha value is -1.19. The Morgan fingerprint density at radius 3 is 2.50 bits per heavy atom. The lowest BCUT2D eigenvalue weighted by Crippen LogP contribution is -2.19. The number of nitrogens with zero attached hydrogens (tertiary/aromatic N) is 2. The van der Waals surface area contributed by atoms with E-state index in [1.54, 1.807) is 0 Å². The van der Waals surface area contributed by atoms with E-state index in [1.807, 2.05) is 11.6 Å². The van der Waals surface area contributed by atoms with Crippen LogP contribution in [0.2, 0.25) is 0 Å². The minimum absolute atomic E-state index is 0.437. The summed E-state index contributed by atoms with van der Waals surface area (Å²) in [6.45, 7) is 11.6. The molecule has 1 aromatic rings.